The van der Waals surface area contributed by atoms with E-state index in [0.717, 1.165) is 33.6 Å². The molecule has 1 aliphatic heterocycles. The standard InChI is InChI=1S/C14H10BrN3/c15-11-4-6-17-14(8-11)13-7-10(9-18-13)12-3-1-2-5-16-12/h1-6,8-9H,7H2. The van der Waals surface area contributed by atoms with Gasteiger partial charge in [0.15, 0.2) is 0 Å². The summed E-state index contributed by atoms with van der Waals surface area (Å²) < 4.78 is 1.02. The van der Waals surface area contributed by atoms with Crippen LogP contribution in [0.25, 0.3) is 5.57 Å². The average molecular weight is 300 g/mol. The molecule has 0 radical (unpaired) electrons. The summed E-state index contributed by atoms with van der Waals surface area (Å²) in [6, 6.07) is 9.79. The zero-order chi connectivity index (χ0) is 12.4. The lowest BCUT2D eigenvalue weighted by atomic mass is 10.1. The number of halogens is 1. The molecule has 3 nitrogen and oxygen atoms in total. The van der Waals surface area contributed by atoms with Crippen LogP contribution in [0.5, 0.6) is 0 Å². The average Bonchev–Trinajstić information content (AvgIpc) is 2.89. The molecule has 0 atom stereocenters. The lowest BCUT2D eigenvalue weighted by molar-refractivity contribution is 1.24. The Labute approximate surface area is 113 Å². The Morgan fingerprint density at radius 1 is 1.00 bits per heavy atom. The highest BCUT2D eigenvalue weighted by atomic mass is 79.9. The van der Waals surface area contributed by atoms with Gasteiger partial charge in [0.25, 0.3) is 0 Å². The van der Waals surface area contributed by atoms with E-state index in [1.165, 1.54) is 0 Å². The SMILES string of the molecule is Brc1ccnc(C2=NC=C(c3ccccn3)C2)c1. The molecule has 4 heteroatoms. The summed E-state index contributed by atoms with van der Waals surface area (Å²) in [5.74, 6) is 0. The fraction of sp³-hybridized carbons (Fsp3) is 0.0714. The molecule has 0 N–H and O–H groups in total. The monoisotopic (exact) mass is 299 g/mol. The molecule has 1 aliphatic rings. The molecule has 0 amide bonds. The van der Waals surface area contributed by atoms with E-state index in [0.29, 0.717) is 0 Å². The van der Waals surface area contributed by atoms with E-state index in [9.17, 15) is 0 Å². The normalized spacial score (nSPS) is 14.3. The minimum absolute atomic E-state index is 0.778. The summed E-state index contributed by atoms with van der Waals surface area (Å²) in [7, 11) is 0. The lowest BCUT2D eigenvalue weighted by Crippen LogP contribution is -2.01. The second kappa shape index (κ2) is 4.82. The van der Waals surface area contributed by atoms with E-state index in [2.05, 4.69) is 30.9 Å². The van der Waals surface area contributed by atoms with Crippen LogP contribution in [0, 0.1) is 0 Å². The van der Waals surface area contributed by atoms with E-state index >= 15 is 0 Å². The zero-order valence-electron chi connectivity index (χ0n) is 9.55. The third-order valence-electron chi connectivity index (χ3n) is 2.75. The highest BCUT2D eigenvalue weighted by molar-refractivity contribution is 9.10. The van der Waals surface area contributed by atoms with Crippen molar-refractivity contribution in [3.63, 3.8) is 0 Å². The van der Waals surface area contributed by atoms with Crippen molar-refractivity contribution in [3.8, 4) is 0 Å². The first-order chi connectivity index (χ1) is 8.83. The summed E-state index contributed by atoms with van der Waals surface area (Å²) in [6.45, 7) is 0. The van der Waals surface area contributed by atoms with Crippen LogP contribution in [0.3, 0.4) is 0 Å². The van der Waals surface area contributed by atoms with E-state index in [4.69, 9.17) is 0 Å². The van der Waals surface area contributed by atoms with Crippen LogP contribution in [0.4, 0.5) is 0 Å². The van der Waals surface area contributed by atoms with Gasteiger partial charge in [-0.1, -0.05) is 22.0 Å². The van der Waals surface area contributed by atoms with Crippen molar-refractivity contribution in [3.05, 3.63) is 64.8 Å². The molecule has 88 valence electrons. The molecule has 18 heavy (non-hydrogen) atoms. The number of allylic oxidation sites excluding steroid dienone is 1. The predicted molar refractivity (Wildman–Crippen MR) is 75.3 cm³/mol. The third-order valence-corrected chi connectivity index (χ3v) is 3.24. The molecule has 0 saturated heterocycles. The minimum atomic E-state index is 0.778. The fourth-order valence-corrected chi connectivity index (χ4v) is 2.19. The molecule has 0 bridgehead atoms. The van der Waals surface area contributed by atoms with Gasteiger partial charge in [0, 0.05) is 35.1 Å². The van der Waals surface area contributed by atoms with Gasteiger partial charge in [-0.25, -0.2) is 0 Å². The maximum Gasteiger partial charge on any atom is 0.0859 e. The van der Waals surface area contributed by atoms with Gasteiger partial charge in [-0.3, -0.25) is 15.0 Å². The van der Waals surface area contributed by atoms with E-state index < -0.39 is 0 Å². The zero-order valence-corrected chi connectivity index (χ0v) is 11.1. The van der Waals surface area contributed by atoms with Gasteiger partial charge in [0.05, 0.1) is 17.1 Å². The van der Waals surface area contributed by atoms with Crippen molar-refractivity contribution >= 4 is 27.2 Å². The Kier molecular flexibility index (Phi) is 3.02. The highest BCUT2D eigenvalue weighted by Gasteiger charge is 2.15. The van der Waals surface area contributed by atoms with Crippen molar-refractivity contribution < 1.29 is 0 Å². The van der Waals surface area contributed by atoms with E-state index in [1.54, 1.807) is 12.4 Å². The van der Waals surface area contributed by atoms with Gasteiger partial charge >= 0.3 is 0 Å². The van der Waals surface area contributed by atoms with Gasteiger partial charge in [0.1, 0.15) is 0 Å². The number of pyridine rings is 2. The van der Waals surface area contributed by atoms with Crippen LogP contribution in [-0.4, -0.2) is 15.7 Å². The summed E-state index contributed by atoms with van der Waals surface area (Å²) in [5, 5.41) is 0. The maximum atomic E-state index is 4.44. The van der Waals surface area contributed by atoms with Crippen LogP contribution in [0.15, 0.2) is 58.4 Å². The minimum Gasteiger partial charge on any atom is -0.258 e. The second-order valence-electron chi connectivity index (χ2n) is 3.98. The topological polar surface area (TPSA) is 38.1 Å². The Bertz CT molecular complexity index is 632. The quantitative estimate of drug-likeness (QED) is 0.851. The van der Waals surface area contributed by atoms with Crippen LogP contribution in [-0.2, 0) is 0 Å². The second-order valence-corrected chi connectivity index (χ2v) is 4.90. The first kappa shape index (κ1) is 11.3. The van der Waals surface area contributed by atoms with E-state index in [1.807, 2.05) is 36.5 Å². The molecule has 3 heterocycles. The summed E-state index contributed by atoms with van der Waals surface area (Å²) in [4.78, 5) is 13.1. The Morgan fingerprint density at radius 3 is 2.67 bits per heavy atom. The number of aromatic nitrogens is 2. The molecule has 0 spiro atoms. The summed E-state index contributed by atoms with van der Waals surface area (Å²) >= 11 is 3.44. The Hall–Kier alpha value is -1.81. The third kappa shape index (κ3) is 2.24. The van der Waals surface area contributed by atoms with Crippen LogP contribution in [0.2, 0.25) is 0 Å². The molecular weight excluding hydrogens is 290 g/mol. The molecule has 0 fully saturated rings. The number of hydrogen-bond acceptors (Lipinski definition) is 3. The molecule has 0 unspecified atom stereocenters. The molecule has 0 aliphatic carbocycles. The van der Waals surface area contributed by atoms with Crippen molar-refractivity contribution in [2.45, 2.75) is 6.42 Å². The number of hydrogen-bond donors (Lipinski definition) is 0. The molecule has 0 saturated carbocycles. The fourth-order valence-electron chi connectivity index (χ4n) is 1.86. The van der Waals surface area contributed by atoms with Crippen molar-refractivity contribution in [2.75, 3.05) is 0 Å². The number of rotatable bonds is 2. The van der Waals surface area contributed by atoms with Gasteiger partial charge in [-0.15, -0.1) is 0 Å². The molecule has 2 aromatic rings. The number of aliphatic imine (C=N–C) groups is 1. The van der Waals surface area contributed by atoms with Crippen molar-refractivity contribution in [1.82, 2.24) is 9.97 Å². The smallest absolute Gasteiger partial charge is 0.0859 e. The van der Waals surface area contributed by atoms with Crippen LogP contribution in [0.1, 0.15) is 17.8 Å². The lowest BCUT2D eigenvalue weighted by Gasteiger charge is -2.03. The molecule has 3 rings (SSSR count). The van der Waals surface area contributed by atoms with Crippen LogP contribution >= 0.6 is 15.9 Å². The molecular formula is C14H10BrN3. The molecule has 2 aromatic heterocycles. The van der Waals surface area contributed by atoms with Crippen molar-refractivity contribution in [1.29, 1.82) is 0 Å². The van der Waals surface area contributed by atoms with Crippen molar-refractivity contribution in [2.24, 2.45) is 4.99 Å². The first-order valence-electron chi connectivity index (χ1n) is 5.62. The largest absolute Gasteiger partial charge is 0.258 e. The predicted octanol–water partition coefficient (Wildman–Crippen LogP) is 3.47. The van der Waals surface area contributed by atoms with Gasteiger partial charge < -0.3 is 0 Å². The van der Waals surface area contributed by atoms with E-state index in [-0.39, 0.29) is 0 Å². The summed E-state index contributed by atoms with van der Waals surface area (Å²) in [5.41, 5.74) is 4.00. The van der Waals surface area contributed by atoms with Crippen LogP contribution < -0.4 is 0 Å². The van der Waals surface area contributed by atoms with Gasteiger partial charge in [0.2, 0.25) is 0 Å². The maximum absolute atomic E-state index is 4.44. The Balaban J connectivity index is 1.82. The first-order valence-corrected chi connectivity index (χ1v) is 6.41. The Morgan fingerprint density at radius 2 is 1.89 bits per heavy atom. The number of nitrogens with zero attached hydrogens (tertiary/aromatic N) is 3. The highest BCUT2D eigenvalue weighted by Crippen LogP contribution is 2.24. The summed E-state index contributed by atoms with van der Waals surface area (Å²) in [6.07, 6.45) is 6.23. The molecule has 0 aromatic carbocycles. The van der Waals surface area contributed by atoms with Gasteiger partial charge in [-0.05, 0) is 24.3 Å². The van der Waals surface area contributed by atoms with Gasteiger partial charge in [-0.2, -0.15) is 0 Å².